The summed E-state index contributed by atoms with van der Waals surface area (Å²) in [5.74, 6) is 0.840. The highest BCUT2D eigenvalue weighted by atomic mass is 19.4. The first-order chi connectivity index (χ1) is 13.9. The van der Waals surface area contributed by atoms with Crippen LogP contribution in [0.25, 0.3) is 0 Å². The van der Waals surface area contributed by atoms with Crippen LogP contribution in [0.5, 0.6) is 0 Å². The van der Waals surface area contributed by atoms with Crippen molar-refractivity contribution in [2.24, 2.45) is 5.92 Å². The van der Waals surface area contributed by atoms with Crippen LogP contribution in [0, 0.1) is 12.8 Å². The van der Waals surface area contributed by atoms with E-state index < -0.39 is 11.7 Å². The molecule has 29 heavy (non-hydrogen) atoms. The SMILES string of the molecule is Cc1nn(C2CCC2)c2c1CCC1COC[C@H]1Nc1nc(ncc1C(F)(F)F)N2. The summed E-state index contributed by atoms with van der Waals surface area (Å²) in [5.41, 5.74) is 1.15. The molecule has 2 aliphatic heterocycles. The Labute approximate surface area is 166 Å². The molecule has 4 heterocycles. The quantitative estimate of drug-likeness (QED) is 0.747. The molecular formula is C19H23F3N6O. The van der Waals surface area contributed by atoms with Crippen LogP contribution in [-0.4, -0.2) is 39.0 Å². The smallest absolute Gasteiger partial charge is 0.379 e. The molecule has 1 saturated carbocycles. The van der Waals surface area contributed by atoms with E-state index >= 15 is 0 Å². The molecule has 7 nitrogen and oxygen atoms in total. The van der Waals surface area contributed by atoms with Gasteiger partial charge in [-0.25, -0.2) is 9.67 Å². The molecule has 0 aromatic carbocycles. The van der Waals surface area contributed by atoms with E-state index in [1.807, 2.05) is 11.6 Å². The van der Waals surface area contributed by atoms with Crippen molar-refractivity contribution in [2.75, 3.05) is 23.8 Å². The Morgan fingerprint density at radius 3 is 2.76 bits per heavy atom. The number of aryl methyl sites for hydroxylation is 1. The first-order valence-corrected chi connectivity index (χ1v) is 10.0. The molecule has 156 valence electrons. The minimum absolute atomic E-state index is 0.104. The molecule has 10 heteroatoms. The van der Waals surface area contributed by atoms with Gasteiger partial charge in [-0.2, -0.15) is 23.3 Å². The number of ether oxygens (including phenoxy) is 1. The summed E-state index contributed by atoms with van der Waals surface area (Å²) in [6.07, 6.45) is 1.14. The Bertz CT molecular complexity index is 923. The topological polar surface area (TPSA) is 76.9 Å². The van der Waals surface area contributed by atoms with Crippen molar-refractivity contribution in [1.29, 1.82) is 0 Å². The average Bonchev–Trinajstić information content (AvgIpc) is 3.15. The van der Waals surface area contributed by atoms with Gasteiger partial charge in [0.25, 0.3) is 0 Å². The number of nitrogens with zero attached hydrogens (tertiary/aromatic N) is 4. The van der Waals surface area contributed by atoms with Crippen molar-refractivity contribution >= 4 is 17.6 Å². The van der Waals surface area contributed by atoms with Crippen molar-refractivity contribution in [3.8, 4) is 0 Å². The highest BCUT2D eigenvalue weighted by Crippen LogP contribution is 2.39. The lowest BCUT2D eigenvalue weighted by molar-refractivity contribution is -0.137. The van der Waals surface area contributed by atoms with Gasteiger partial charge in [0, 0.05) is 17.7 Å². The van der Waals surface area contributed by atoms with Crippen LogP contribution in [0.4, 0.5) is 30.8 Å². The number of hydrogen-bond donors (Lipinski definition) is 2. The average molecular weight is 408 g/mol. The van der Waals surface area contributed by atoms with E-state index in [9.17, 15) is 13.2 Å². The number of alkyl halides is 3. The van der Waals surface area contributed by atoms with Crippen molar-refractivity contribution < 1.29 is 17.9 Å². The van der Waals surface area contributed by atoms with Crippen molar-refractivity contribution in [1.82, 2.24) is 19.7 Å². The zero-order valence-electron chi connectivity index (χ0n) is 16.1. The van der Waals surface area contributed by atoms with Crippen LogP contribution in [-0.2, 0) is 17.3 Å². The maximum atomic E-state index is 13.5. The Hall–Kier alpha value is -2.36. The van der Waals surface area contributed by atoms with Crippen molar-refractivity contribution in [2.45, 2.75) is 57.3 Å². The van der Waals surface area contributed by atoms with Gasteiger partial charge in [-0.3, -0.25) is 0 Å². The number of aromatic nitrogens is 4. The van der Waals surface area contributed by atoms with E-state index in [2.05, 4.69) is 20.6 Å². The molecule has 2 aromatic heterocycles. The Morgan fingerprint density at radius 1 is 1.21 bits per heavy atom. The predicted octanol–water partition coefficient (Wildman–Crippen LogP) is 3.84. The van der Waals surface area contributed by atoms with E-state index in [4.69, 9.17) is 9.84 Å². The third-order valence-corrected chi connectivity index (χ3v) is 6.24. The highest BCUT2D eigenvalue weighted by Gasteiger charge is 2.38. The van der Waals surface area contributed by atoms with Gasteiger partial charge >= 0.3 is 6.18 Å². The highest BCUT2D eigenvalue weighted by molar-refractivity contribution is 5.59. The van der Waals surface area contributed by atoms with E-state index in [0.717, 1.165) is 55.4 Å². The maximum Gasteiger partial charge on any atom is 0.421 e. The molecule has 1 aliphatic carbocycles. The standard InChI is InChI=1S/C19H23F3N6O/c1-10-13-6-5-11-8-29-9-15(11)24-16-14(19(20,21)22)7-23-18(25-16)26-17(13)28(27-10)12-3-2-4-12/h7,11-12,15H,2-6,8-9H2,1H3,(H2,23,24,25,26)/t11?,15-/m1/s1. The number of hydrogen-bond acceptors (Lipinski definition) is 6. The van der Waals surface area contributed by atoms with Crippen molar-refractivity contribution in [3.63, 3.8) is 0 Å². The molecule has 2 aromatic rings. The lowest BCUT2D eigenvalue weighted by atomic mass is 9.93. The van der Waals surface area contributed by atoms with Crippen LogP contribution >= 0.6 is 0 Å². The summed E-state index contributed by atoms with van der Waals surface area (Å²) in [6.45, 7) is 2.87. The van der Waals surface area contributed by atoms with E-state index in [-0.39, 0.29) is 23.7 Å². The molecular weight excluding hydrogens is 385 g/mol. The van der Waals surface area contributed by atoms with Gasteiger partial charge in [0.15, 0.2) is 0 Å². The van der Waals surface area contributed by atoms with Crippen LogP contribution in [0.3, 0.4) is 0 Å². The van der Waals surface area contributed by atoms with Gasteiger partial charge in [0.05, 0.1) is 31.0 Å². The van der Waals surface area contributed by atoms with Crippen LogP contribution < -0.4 is 10.6 Å². The summed E-state index contributed by atoms with van der Waals surface area (Å²) in [5, 5.41) is 10.9. The van der Waals surface area contributed by atoms with Gasteiger partial charge in [0.1, 0.15) is 17.2 Å². The number of rotatable bonds is 1. The molecule has 2 atom stereocenters. The summed E-state index contributed by atoms with van der Waals surface area (Å²) < 4.78 is 48.1. The first kappa shape index (κ1) is 18.7. The van der Waals surface area contributed by atoms with Crippen LogP contribution in [0.2, 0.25) is 0 Å². The second-order valence-electron chi connectivity index (χ2n) is 8.11. The molecule has 2 fully saturated rings. The van der Waals surface area contributed by atoms with Gasteiger partial charge < -0.3 is 15.4 Å². The summed E-state index contributed by atoms with van der Waals surface area (Å²) in [7, 11) is 0. The zero-order chi connectivity index (χ0) is 20.2. The van der Waals surface area contributed by atoms with Crippen molar-refractivity contribution in [3.05, 3.63) is 23.0 Å². The molecule has 1 unspecified atom stereocenters. The molecule has 2 N–H and O–H groups in total. The van der Waals surface area contributed by atoms with Crippen LogP contribution in [0.1, 0.15) is 48.5 Å². The minimum Gasteiger partial charge on any atom is -0.379 e. The van der Waals surface area contributed by atoms with Gasteiger partial charge in [-0.15, -0.1) is 0 Å². The van der Waals surface area contributed by atoms with Crippen LogP contribution in [0.15, 0.2) is 6.20 Å². The Kier molecular flexibility index (Phi) is 4.41. The number of nitrogens with one attached hydrogen (secondary N) is 2. The Morgan fingerprint density at radius 2 is 2.03 bits per heavy atom. The lowest BCUT2D eigenvalue weighted by Crippen LogP contribution is -2.30. The fourth-order valence-electron chi connectivity index (χ4n) is 4.32. The van der Waals surface area contributed by atoms with Gasteiger partial charge in [-0.05, 0) is 39.0 Å². The third-order valence-electron chi connectivity index (χ3n) is 6.24. The molecule has 0 radical (unpaired) electrons. The molecule has 3 aliphatic rings. The lowest BCUT2D eigenvalue weighted by Gasteiger charge is -2.27. The predicted molar refractivity (Wildman–Crippen MR) is 100 cm³/mol. The van der Waals surface area contributed by atoms with Gasteiger partial charge in [-0.1, -0.05) is 0 Å². The molecule has 2 bridgehead atoms. The number of fused-ring (bicyclic) bond motifs is 4. The molecule has 1 saturated heterocycles. The second kappa shape index (κ2) is 6.86. The van der Waals surface area contributed by atoms with E-state index in [1.165, 1.54) is 0 Å². The largest absolute Gasteiger partial charge is 0.421 e. The Balaban J connectivity index is 1.61. The fraction of sp³-hybridized carbons (Fsp3) is 0.632. The summed E-state index contributed by atoms with van der Waals surface area (Å²) in [6, 6.07) is 0.0899. The minimum atomic E-state index is -4.54. The summed E-state index contributed by atoms with van der Waals surface area (Å²) >= 11 is 0. The summed E-state index contributed by atoms with van der Waals surface area (Å²) in [4.78, 5) is 8.17. The molecule has 0 amide bonds. The third kappa shape index (κ3) is 3.33. The van der Waals surface area contributed by atoms with E-state index in [0.29, 0.717) is 19.3 Å². The normalized spacial score (nSPS) is 24.6. The van der Waals surface area contributed by atoms with E-state index in [1.54, 1.807) is 0 Å². The molecule has 5 rings (SSSR count). The second-order valence-corrected chi connectivity index (χ2v) is 8.11. The number of halogens is 3. The molecule has 0 spiro atoms. The monoisotopic (exact) mass is 408 g/mol. The number of anilines is 3. The first-order valence-electron chi connectivity index (χ1n) is 10.0. The fourth-order valence-corrected chi connectivity index (χ4v) is 4.32. The zero-order valence-corrected chi connectivity index (χ0v) is 16.1. The van der Waals surface area contributed by atoms with Gasteiger partial charge in [0.2, 0.25) is 5.95 Å². The maximum absolute atomic E-state index is 13.5.